The Bertz CT molecular complexity index is 436. The summed E-state index contributed by atoms with van der Waals surface area (Å²) < 4.78 is 0. The molecule has 2 atom stereocenters. The highest BCUT2D eigenvalue weighted by Crippen LogP contribution is 2.24. The summed E-state index contributed by atoms with van der Waals surface area (Å²) in [5, 5.41) is 2.48. The van der Waals surface area contributed by atoms with E-state index < -0.39 is 0 Å². The number of nitrogens with zero attached hydrogens (tertiary/aromatic N) is 3. The van der Waals surface area contributed by atoms with Crippen molar-refractivity contribution in [3.05, 3.63) is 0 Å². The van der Waals surface area contributed by atoms with Crippen LogP contribution in [0.15, 0.2) is 0 Å². The van der Waals surface area contributed by atoms with Crippen molar-refractivity contribution in [1.29, 1.82) is 0 Å². The molecule has 22 heavy (non-hydrogen) atoms. The molecule has 0 aromatic carbocycles. The highest BCUT2D eigenvalue weighted by Gasteiger charge is 2.35. The topological polar surface area (TPSA) is 73.0 Å². The van der Waals surface area contributed by atoms with Gasteiger partial charge >= 0.3 is 6.03 Å². The molecule has 2 aliphatic rings. The van der Waals surface area contributed by atoms with Gasteiger partial charge in [0.25, 0.3) is 0 Å². The lowest BCUT2D eigenvalue weighted by Gasteiger charge is -2.23. The second-order valence-corrected chi connectivity index (χ2v) is 6.31. The fourth-order valence-electron chi connectivity index (χ4n) is 3.27. The molecule has 0 aromatic heterocycles. The van der Waals surface area contributed by atoms with Crippen molar-refractivity contribution >= 4 is 17.8 Å². The maximum Gasteiger partial charge on any atom is 0.324 e. The SMILES string of the molecule is CC[C@H]1CN(C(=O)CCCN2C(=O)CNC2=O)C[C@H]1N(C)C. The summed E-state index contributed by atoms with van der Waals surface area (Å²) in [6.07, 6.45) is 1.97. The highest BCUT2D eigenvalue weighted by atomic mass is 16.2. The predicted octanol–water partition coefficient (Wildman–Crippen LogP) is 0.117. The molecule has 0 aromatic rings. The molecule has 2 aliphatic heterocycles. The van der Waals surface area contributed by atoms with Crippen LogP contribution in [-0.2, 0) is 9.59 Å². The summed E-state index contributed by atoms with van der Waals surface area (Å²) in [5.41, 5.74) is 0. The average molecular weight is 310 g/mol. The first-order valence-electron chi connectivity index (χ1n) is 7.96. The van der Waals surface area contributed by atoms with Crippen molar-refractivity contribution < 1.29 is 14.4 Å². The molecule has 7 heteroatoms. The fraction of sp³-hybridized carbons (Fsp3) is 0.800. The molecule has 4 amide bonds. The molecule has 0 spiro atoms. The molecule has 0 saturated carbocycles. The van der Waals surface area contributed by atoms with E-state index in [0.29, 0.717) is 31.3 Å². The molecular formula is C15H26N4O3. The first-order chi connectivity index (χ1) is 10.4. The average Bonchev–Trinajstić information content (AvgIpc) is 3.05. The zero-order valence-corrected chi connectivity index (χ0v) is 13.7. The highest BCUT2D eigenvalue weighted by molar-refractivity contribution is 6.01. The summed E-state index contributed by atoms with van der Waals surface area (Å²) in [7, 11) is 4.11. The molecular weight excluding hydrogens is 284 g/mol. The number of imide groups is 1. The van der Waals surface area contributed by atoms with Crippen molar-refractivity contribution in [3.63, 3.8) is 0 Å². The van der Waals surface area contributed by atoms with Gasteiger partial charge < -0.3 is 15.1 Å². The van der Waals surface area contributed by atoms with E-state index in [1.54, 1.807) is 0 Å². The van der Waals surface area contributed by atoms with Gasteiger partial charge in [0, 0.05) is 32.1 Å². The van der Waals surface area contributed by atoms with Crippen LogP contribution in [0.4, 0.5) is 4.79 Å². The number of carbonyl (C=O) groups excluding carboxylic acids is 3. The van der Waals surface area contributed by atoms with Crippen LogP contribution in [0.1, 0.15) is 26.2 Å². The van der Waals surface area contributed by atoms with Crippen molar-refractivity contribution in [3.8, 4) is 0 Å². The van der Waals surface area contributed by atoms with E-state index in [4.69, 9.17) is 0 Å². The molecule has 0 radical (unpaired) electrons. The molecule has 2 rings (SSSR count). The van der Waals surface area contributed by atoms with Crippen LogP contribution in [0, 0.1) is 5.92 Å². The molecule has 7 nitrogen and oxygen atoms in total. The van der Waals surface area contributed by atoms with Gasteiger partial charge in [0.2, 0.25) is 11.8 Å². The van der Waals surface area contributed by atoms with E-state index >= 15 is 0 Å². The van der Waals surface area contributed by atoms with Gasteiger partial charge in [0.15, 0.2) is 0 Å². The second-order valence-electron chi connectivity index (χ2n) is 6.31. The molecule has 124 valence electrons. The Hall–Kier alpha value is -1.63. The van der Waals surface area contributed by atoms with Crippen LogP contribution < -0.4 is 5.32 Å². The van der Waals surface area contributed by atoms with Crippen molar-refractivity contribution in [2.75, 3.05) is 40.3 Å². The van der Waals surface area contributed by atoms with Gasteiger partial charge in [-0.1, -0.05) is 13.3 Å². The summed E-state index contributed by atoms with van der Waals surface area (Å²) in [5.74, 6) is 0.428. The van der Waals surface area contributed by atoms with E-state index in [9.17, 15) is 14.4 Å². The van der Waals surface area contributed by atoms with Crippen LogP contribution >= 0.6 is 0 Å². The van der Waals surface area contributed by atoms with Crippen LogP contribution in [0.5, 0.6) is 0 Å². The minimum Gasteiger partial charge on any atom is -0.341 e. The van der Waals surface area contributed by atoms with Gasteiger partial charge in [-0.3, -0.25) is 14.5 Å². The number of hydrogen-bond donors (Lipinski definition) is 1. The molecule has 2 saturated heterocycles. The van der Waals surface area contributed by atoms with Gasteiger partial charge in [-0.2, -0.15) is 0 Å². The molecule has 0 bridgehead atoms. The van der Waals surface area contributed by atoms with Crippen LogP contribution in [0.2, 0.25) is 0 Å². The smallest absolute Gasteiger partial charge is 0.324 e. The van der Waals surface area contributed by atoms with Crippen LogP contribution in [-0.4, -0.2) is 78.9 Å². The summed E-state index contributed by atoms with van der Waals surface area (Å²) in [6.45, 7) is 4.13. The number of carbonyl (C=O) groups is 3. The largest absolute Gasteiger partial charge is 0.341 e. The number of rotatable bonds is 6. The zero-order chi connectivity index (χ0) is 16.3. The molecule has 2 heterocycles. The van der Waals surface area contributed by atoms with Crippen LogP contribution in [0.25, 0.3) is 0 Å². The Morgan fingerprint density at radius 2 is 2.05 bits per heavy atom. The first-order valence-corrected chi connectivity index (χ1v) is 7.96. The van der Waals surface area contributed by atoms with Gasteiger partial charge in [-0.25, -0.2) is 4.79 Å². The zero-order valence-electron chi connectivity index (χ0n) is 13.7. The summed E-state index contributed by atoms with van der Waals surface area (Å²) in [4.78, 5) is 40.5. The number of likely N-dealkylation sites (tertiary alicyclic amines) is 1. The van der Waals surface area contributed by atoms with E-state index in [1.807, 2.05) is 4.90 Å². The standard InChI is InChI=1S/C15H26N4O3/c1-4-11-9-18(10-12(11)17(2)3)13(20)6-5-7-19-14(21)8-16-15(19)22/h11-12H,4-10H2,1-3H3,(H,16,22)/t11-,12+/m0/s1. The van der Waals surface area contributed by atoms with Crippen molar-refractivity contribution in [2.24, 2.45) is 5.92 Å². The van der Waals surface area contributed by atoms with E-state index in [2.05, 4.69) is 31.2 Å². The lowest BCUT2D eigenvalue weighted by Crippen LogP contribution is -2.36. The predicted molar refractivity (Wildman–Crippen MR) is 82.2 cm³/mol. The van der Waals surface area contributed by atoms with Crippen molar-refractivity contribution in [2.45, 2.75) is 32.2 Å². The third-order valence-corrected chi connectivity index (χ3v) is 4.66. The third kappa shape index (κ3) is 3.58. The Morgan fingerprint density at radius 1 is 1.32 bits per heavy atom. The van der Waals surface area contributed by atoms with Gasteiger partial charge in [-0.15, -0.1) is 0 Å². The van der Waals surface area contributed by atoms with E-state index in [1.165, 1.54) is 4.90 Å². The summed E-state index contributed by atoms with van der Waals surface area (Å²) in [6, 6.07) is 0.0669. The number of nitrogens with one attached hydrogen (secondary N) is 1. The normalized spacial score (nSPS) is 25.3. The van der Waals surface area contributed by atoms with Crippen LogP contribution in [0.3, 0.4) is 0 Å². The molecule has 0 aliphatic carbocycles. The fourth-order valence-corrected chi connectivity index (χ4v) is 3.27. The minimum atomic E-state index is -0.350. The lowest BCUT2D eigenvalue weighted by molar-refractivity contribution is -0.131. The number of likely N-dealkylation sites (N-methyl/N-ethyl adjacent to an activating group) is 1. The maximum atomic E-state index is 12.3. The van der Waals surface area contributed by atoms with E-state index in [-0.39, 0.29) is 24.4 Å². The van der Waals surface area contributed by atoms with Gasteiger partial charge in [0.1, 0.15) is 0 Å². The Morgan fingerprint density at radius 3 is 2.55 bits per heavy atom. The third-order valence-electron chi connectivity index (χ3n) is 4.66. The quantitative estimate of drug-likeness (QED) is 0.707. The van der Waals surface area contributed by atoms with Gasteiger partial charge in [0.05, 0.1) is 6.54 Å². The molecule has 2 fully saturated rings. The Labute approximate surface area is 131 Å². The number of urea groups is 1. The van der Waals surface area contributed by atoms with Crippen molar-refractivity contribution in [1.82, 2.24) is 20.0 Å². The first kappa shape index (κ1) is 16.7. The minimum absolute atomic E-state index is 0.0710. The molecule has 0 unspecified atom stereocenters. The monoisotopic (exact) mass is 310 g/mol. The van der Waals surface area contributed by atoms with E-state index in [0.717, 1.165) is 19.5 Å². The Kier molecular flexibility index (Phi) is 5.39. The molecule has 1 N–H and O–H groups in total. The number of amides is 4. The lowest BCUT2D eigenvalue weighted by atomic mass is 10.0. The Balaban J connectivity index is 1.78. The second kappa shape index (κ2) is 7.09. The summed E-state index contributed by atoms with van der Waals surface area (Å²) >= 11 is 0. The van der Waals surface area contributed by atoms with Gasteiger partial charge in [-0.05, 0) is 26.4 Å². The maximum absolute atomic E-state index is 12.3. The number of hydrogen-bond acceptors (Lipinski definition) is 4.